The maximum absolute atomic E-state index is 4.48. The summed E-state index contributed by atoms with van der Waals surface area (Å²) >= 11 is 0. The fourth-order valence-electron chi connectivity index (χ4n) is 2.55. The van der Waals surface area contributed by atoms with Crippen LogP contribution in [0.2, 0.25) is 0 Å². The van der Waals surface area contributed by atoms with Crippen LogP contribution in [0, 0.1) is 6.92 Å². The third-order valence-electron chi connectivity index (χ3n) is 3.56. The Morgan fingerprint density at radius 2 is 2.05 bits per heavy atom. The third-order valence-corrected chi connectivity index (χ3v) is 3.56. The smallest absolute Gasteiger partial charge is 0.254 e. The lowest BCUT2D eigenvalue weighted by Crippen LogP contribution is -2.07. The molecule has 1 aromatic carbocycles. The molecule has 0 bridgehead atoms. The summed E-state index contributed by atoms with van der Waals surface area (Å²) in [4.78, 5) is 12.9. The Hall–Kier alpha value is -3.02. The first kappa shape index (κ1) is 12.7. The van der Waals surface area contributed by atoms with Gasteiger partial charge in [-0.1, -0.05) is 24.3 Å². The molecule has 0 fully saturated rings. The average Bonchev–Trinajstić information content (AvgIpc) is 3.00. The van der Waals surface area contributed by atoms with E-state index in [2.05, 4.69) is 43.6 Å². The van der Waals surface area contributed by atoms with Crippen LogP contribution in [0.25, 0.3) is 16.7 Å². The fraction of sp³-hybridized carbons (Fsp3) is 0.125. The molecule has 0 aliphatic carbocycles. The van der Waals surface area contributed by atoms with Gasteiger partial charge in [-0.3, -0.25) is 4.98 Å². The first-order valence-corrected chi connectivity index (χ1v) is 7.05. The van der Waals surface area contributed by atoms with Crippen molar-refractivity contribution in [1.82, 2.24) is 24.6 Å². The van der Waals surface area contributed by atoms with Gasteiger partial charge in [0.2, 0.25) is 0 Å². The molecule has 0 aliphatic rings. The van der Waals surface area contributed by atoms with Crippen molar-refractivity contribution < 1.29 is 0 Å². The van der Waals surface area contributed by atoms with Gasteiger partial charge in [-0.15, -0.1) is 0 Å². The number of benzene rings is 1. The molecule has 1 N–H and O–H groups in total. The van der Waals surface area contributed by atoms with Crippen LogP contribution in [0.3, 0.4) is 0 Å². The number of para-hydroxylation sites is 1. The molecule has 4 aromatic rings. The number of rotatable bonds is 3. The third kappa shape index (κ3) is 2.14. The van der Waals surface area contributed by atoms with E-state index in [1.807, 2.05) is 31.3 Å². The van der Waals surface area contributed by atoms with E-state index in [-0.39, 0.29) is 0 Å². The van der Waals surface area contributed by atoms with Crippen LogP contribution in [0.4, 0.5) is 5.82 Å². The van der Waals surface area contributed by atoms with Crippen LogP contribution >= 0.6 is 0 Å². The van der Waals surface area contributed by atoms with Gasteiger partial charge >= 0.3 is 0 Å². The first-order valence-electron chi connectivity index (χ1n) is 7.05. The quantitative estimate of drug-likeness (QED) is 0.628. The maximum atomic E-state index is 4.48. The molecule has 0 aliphatic heterocycles. The number of aromatic nitrogens is 5. The highest BCUT2D eigenvalue weighted by Crippen LogP contribution is 2.18. The van der Waals surface area contributed by atoms with Gasteiger partial charge in [-0.2, -0.15) is 14.6 Å². The van der Waals surface area contributed by atoms with Crippen LogP contribution in [-0.2, 0) is 6.54 Å². The number of hydrogen-bond acceptors (Lipinski definition) is 5. The van der Waals surface area contributed by atoms with Crippen LogP contribution < -0.4 is 5.32 Å². The highest BCUT2D eigenvalue weighted by molar-refractivity contribution is 5.81. The zero-order valence-electron chi connectivity index (χ0n) is 12.1. The Bertz CT molecular complexity index is 954. The summed E-state index contributed by atoms with van der Waals surface area (Å²) in [7, 11) is 0. The van der Waals surface area contributed by atoms with Gasteiger partial charge in [-0.05, 0) is 18.6 Å². The predicted octanol–water partition coefficient (Wildman–Crippen LogP) is 2.59. The van der Waals surface area contributed by atoms with Crippen molar-refractivity contribution in [2.45, 2.75) is 13.5 Å². The van der Waals surface area contributed by atoms with Gasteiger partial charge in [0.1, 0.15) is 12.1 Å². The van der Waals surface area contributed by atoms with Gasteiger partial charge in [-0.25, -0.2) is 4.98 Å². The van der Waals surface area contributed by atoms with Gasteiger partial charge in [0.05, 0.1) is 5.52 Å². The van der Waals surface area contributed by atoms with E-state index in [0.717, 1.165) is 28.0 Å². The van der Waals surface area contributed by atoms with Crippen molar-refractivity contribution in [2.24, 2.45) is 0 Å². The number of aryl methyl sites for hydroxylation is 1. The Morgan fingerprint density at radius 1 is 1.14 bits per heavy atom. The summed E-state index contributed by atoms with van der Waals surface area (Å²) in [6.45, 7) is 2.60. The molecular weight excluding hydrogens is 276 g/mol. The Labute approximate surface area is 126 Å². The minimum atomic E-state index is 0.596. The minimum Gasteiger partial charge on any atom is -0.366 e. The van der Waals surface area contributed by atoms with Crippen LogP contribution in [0.1, 0.15) is 11.3 Å². The topological polar surface area (TPSA) is 68.0 Å². The van der Waals surface area contributed by atoms with Crippen molar-refractivity contribution in [3.8, 4) is 0 Å². The number of nitrogens with zero attached hydrogens (tertiary/aromatic N) is 5. The molecular formula is C16H14N6. The standard InChI is InChI=1S/C16H14N6/c1-11-8-14(22-16(21-11)19-10-20-22)18-9-13-5-2-4-12-6-3-7-17-15(12)13/h2-8,10,18H,9H2,1H3. The van der Waals surface area contributed by atoms with E-state index in [0.29, 0.717) is 12.3 Å². The monoisotopic (exact) mass is 290 g/mol. The van der Waals surface area contributed by atoms with E-state index in [9.17, 15) is 0 Å². The predicted molar refractivity (Wildman–Crippen MR) is 84.6 cm³/mol. The van der Waals surface area contributed by atoms with Crippen molar-refractivity contribution in [2.75, 3.05) is 5.32 Å². The summed E-state index contributed by atoms with van der Waals surface area (Å²) < 4.78 is 1.70. The molecule has 0 atom stereocenters. The molecule has 108 valence electrons. The van der Waals surface area contributed by atoms with Gasteiger partial charge < -0.3 is 5.32 Å². The van der Waals surface area contributed by atoms with E-state index in [1.54, 1.807) is 4.52 Å². The molecule has 0 amide bonds. The lowest BCUT2D eigenvalue weighted by molar-refractivity contribution is 0.917. The zero-order valence-corrected chi connectivity index (χ0v) is 12.1. The Morgan fingerprint density at radius 3 is 3.00 bits per heavy atom. The fourth-order valence-corrected chi connectivity index (χ4v) is 2.55. The van der Waals surface area contributed by atoms with E-state index in [1.165, 1.54) is 6.33 Å². The molecule has 0 radical (unpaired) electrons. The van der Waals surface area contributed by atoms with E-state index >= 15 is 0 Å². The number of pyridine rings is 1. The van der Waals surface area contributed by atoms with Gasteiger partial charge in [0.25, 0.3) is 5.78 Å². The number of fused-ring (bicyclic) bond motifs is 2. The second kappa shape index (κ2) is 5.07. The van der Waals surface area contributed by atoms with Crippen LogP contribution in [-0.4, -0.2) is 24.6 Å². The Balaban J connectivity index is 1.70. The van der Waals surface area contributed by atoms with Gasteiger partial charge in [0.15, 0.2) is 0 Å². The summed E-state index contributed by atoms with van der Waals surface area (Å²) in [5, 5.41) is 8.74. The highest BCUT2D eigenvalue weighted by Gasteiger charge is 2.07. The second-order valence-corrected chi connectivity index (χ2v) is 5.10. The van der Waals surface area contributed by atoms with E-state index < -0.39 is 0 Å². The molecule has 4 rings (SSSR count). The molecule has 0 unspecified atom stereocenters. The van der Waals surface area contributed by atoms with E-state index in [4.69, 9.17) is 0 Å². The summed E-state index contributed by atoms with van der Waals surface area (Å²) in [6, 6.07) is 12.2. The number of hydrogen-bond donors (Lipinski definition) is 1. The number of nitrogens with one attached hydrogen (secondary N) is 1. The minimum absolute atomic E-state index is 0.596. The molecule has 0 saturated heterocycles. The molecule has 3 heterocycles. The molecule has 6 nitrogen and oxygen atoms in total. The maximum Gasteiger partial charge on any atom is 0.254 e. The molecule has 22 heavy (non-hydrogen) atoms. The average molecular weight is 290 g/mol. The summed E-state index contributed by atoms with van der Waals surface area (Å²) in [5.74, 6) is 1.46. The largest absolute Gasteiger partial charge is 0.366 e. The molecule has 3 aromatic heterocycles. The SMILES string of the molecule is Cc1cc(NCc2cccc3cccnc23)n2ncnc2n1. The Kier molecular flexibility index (Phi) is 2.93. The molecule has 0 saturated carbocycles. The normalized spacial score (nSPS) is 11.1. The zero-order chi connectivity index (χ0) is 14.9. The molecule has 6 heteroatoms. The lowest BCUT2D eigenvalue weighted by atomic mass is 10.1. The van der Waals surface area contributed by atoms with Crippen molar-refractivity contribution in [3.63, 3.8) is 0 Å². The van der Waals surface area contributed by atoms with Crippen molar-refractivity contribution >= 4 is 22.5 Å². The summed E-state index contributed by atoms with van der Waals surface area (Å²) in [5.41, 5.74) is 3.05. The van der Waals surface area contributed by atoms with Crippen LogP contribution in [0.5, 0.6) is 0 Å². The highest BCUT2D eigenvalue weighted by atomic mass is 15.3. The number of anilines is 1. The summed E-state index contributed by atoms with van der Waals surface area (Å²) in [6.07, 6.45) is 3.32. The van der Waals surface area contributed by atoms with Crippen molar-refractivity contribution in [1.29, 1.82) is 0 Å². The van der Waals surface area contributed by atoms with Gasteiger partial charge in [0, 0.05) is 29.9 Å². The second-order valence-electron chi connectivity index (χ2n) is 5.10. The lowest BCUT2D eigenvalue weighted by Gasteiger charge is -2.10. The molecule has 0 spiro atoms. The van der Waals surface area contributed by atoms with Crippen molar-refractivity contribution in [3.05, 3.63) is 60.2 Å². The van der Waals surface area contributed by atoms with Crippen LogP contribution in [0.15, 0.2) is 48.9 Å². The first-order chi connectivity index (χ1) is 10.8.